The molecule has 0 aliphatic rings. The van der Waals surface area contributed by atoms with Crippen LogP contribution in [0, 0.1) is 0 Å². The first kappa shape index (κ1) is 12.9. The quantitative estimate of drug-likeness (QED) is 0.909. The second-order valence-electron chi connectivity index (χ2n) is 3.64. The fraction of sp³-hybridized carbons (Fsp3) is 0.0909. The summed E-state index contributed by atoms with van der Waals surface area (Å²) in [5.74, 6) is -0.224. The largest absolute Gasteiger partial charge is 0.396 e. The highest BCUT2D eigenvalue weighted by Crippen LogP contribution is 2.25. The lowest BCUT2D eigenvalue weighted by atomic mass is 10.3. The highest BCUT2D eigenvalue weighted by atomic mass is 79.9. The minimum atomic E-state index is -0.224. The second kappa shape index (κ2) is 5.41. The molecule has 2 aromatic rings. The van der Waals surface area contributed by atoms with Crippen LogP contribution in [0.15, 0.2) is 35.1 Å². The van der Waals surface area contributed by atoms with E-state index in [9.17, 15) is 4.79 Å². The Hall–Kier alpha value is -1.53. The van der Waals surface area contributed by atoms with Crippen molar-refractivity contribution in [3.8, 4) is 0 Å². The molecule has 0 unspecified atom stereocenters. The Morgan fingerprint density at radius 1 is 1.56 bits per heavy atom. The van der Waals surface area contributed by atoms with Gasteiger partial charge in [-0.2, -0.15) is 5.10 Å². The van der Waals surface area contributed by atoms with Crippen molar-refractivity contribution in [2.45, 2.75) is 6.54 Å². The molecule has 0 saturated carbocycles. The monoisotopic (exact) mass is 328 g/mol. The lowest BCUT2D eigenvalue weighted by Crippen LogP contribution is -2.19. The molecule has 0 aliphatic heterocycles. The van der Waals surface area contributed by atoms with Crippen LogP contribution in [0.1, 0.15) is 0 Å². The zero-order chi connectivity index (χ0) is 13.1. The highest BCUT2D eigenvalue weighted by molar-refractivity contribution is 9.10. The van der Waals surface area contributed by atoms with Gasteiger partial charge in [0.1, 0.15) is 6.54 Å². The van der Waals surface area contributed by atoms with Gasteiger partial charge in [-0.25, -0.2) is 0 Å². The molecule has 0 saturated heterocycles. The number of carbonyl (C=O) groups excluding carboxylic acids is 1. The summed E-state index contributed by atoms with van der Waals surface area (Å²) in [6, 6.07) is 5.23. The fourth-order valence-corrected chi connectivity index (χ4v) is 1.92. The van der Waals surface area contributed by atoms with Crippen LogP contribution in [0.4, 0.5) is 11.4 Å². The smallest absolute Gasteiger partial charge is 0.246 e. The van der Waals surface area contributed by atoms with Crippen LogP contribution >= 0.6 is 27.5 Å². The van der Waals surface area contributed by atoms with E-state index in [0.29, 0.717) is 16.4 Å². The van der Waals surface area contributed by atoms with E-state index in [1.54, 1.807) is 24.4 Å². The number of nitrogens with zero attached hydrogens (tertiary/aromatic N) is 2. The number of nitrogen functional groups attached to an aromatic ring is 1. The molecule has 0 radical (unpaired) electrons. The number of aromatic nitrogens is 2. The van der Waals surface area contributed by atoms with E-state index < -0.39 is 0 Å². The van der Waals surface area contributed by atoms with Crippen LogP contribution < -0.4 is 11.1 Å². The Labute approximate surface area is 117 Å². The maximum atomic E-state index is 11.8. The number of halogens is 2. The van der Waals surface area contributed by atoms with Crippen molar-refractivity contribution in [2.24, 2.45) is 0 Å². The first-order valence-corrected chi connectivity index (χ1v) is 6.24. The van der Waals surface area contributed by atoms with Gasteiger partial charge >= 0.3 is 0 Å². The molecule has 0 bridgehead atoms. The number of hydrogen-bond donors (Lipinski definition) is 2. The molecular weight excluding hydrogens is 320 g/mol. The van der Waals surface area contributed by atoms with Gasteiger partial charge in [0, 0.05) is 10.7 Å². The average molecular weight is 330 g/mol. The van der Waals surface area contributed by atoms with Crippen LogP contribution in [0.3, 0.4) is 0 Å². The lowest BCUT2D eigenvalue weighted by Gasteiger charge is -2.07. The standard InChI is InChI=1S/C11H10BrClN4O/c12-7-1-2-9(13)10(3-7)16-11(18)6-17-5-8(14)4-15-17/h1-5H,6,14H2,(H,16,18). The molecule has 1 aromatic carbocycles. The van der Waals surface area contributed by atoms with Gasteiger partial charge in [0.2, 0.25) is 5.91 Å². The molecule has 1 amide bonds. The Balaban J connectivity index is 2.05. The number of carbonyl (C=O) groups is 1. The third-order valence-corrected chi connectivity index (χ3v) is 2.98. The van der Waals surface area contributed by atoms with Crippen LogP contribution in [0.2, 0.25) is 5.02 Å². The number of rotatable bonds is 3. The molecule has 0 aliphatic carbocycles. The number of nitrogens with one attached hydrogen (secondary N) is 1. The normalized spacial score (nSPS) is 10.3. The molecule has 18 heavy (non-hydrogen) atoms. The summed E-state index contributed by atoms with van der Waals surface area (Å²) in [7, 11) is 0. The van der Waals surface area contributed by atoms with Crippen molar-refractivity contribution in [1.29, 1.82) is 0 Å². The molecule has 94 valence electrons. The summed E-state index contributed by atoms with van der Waals surface area (Å²) in [4.78, 5) is 11.8. The zero-order valence-electron chi connectivity index (χ0n) is 9.23. The summed E-state index contributed by atoms with van der Waals surface area (Å²) in [5.41, 5.74) is 6.58. The highest BCUT2D eigenvalue weighted by Gasteiger charge is 2.07. The third-order valence-electron chi connectivity index (χ3n) is 2.16. The SMILES string of the molecule is Nc1cnn(CC(=O)Nc2cc(Br)ccc2Cl)c1. The van der Waals surface area contributed by atoms with Crippen molar-refractivity contribution < 1.29 is 4.79 Å². The molecule has 3 N–H and O–H groups in total. The molecule has 2 rings (SSSR count). The first-order chi connectivity index (χ1) is 8.54. The van der Waals surface area contributed by atoms with Gasteiger partial charge in [-0.05, 0) is 18.2 Å². The number of nitrogens with two attached hydrogens (primary N) is 1. The molecular formula is C11H10BrClN4O. The molecule has 1 aromatic heterocycles. The number of hydrogen-bond acceptors (Lipinski definition) is 3. The van der Waals surface area contributed by atoms with Crippen molar-refractivity contribution in [3.05, 3.63) is 40.1 Å². The Morgan fingerprint density at radius 2 is 2.33 bits per heavy atom. The van der Waals surface area contributed by atoms with Crippen LogP contribution in [0.5, 0.6) is 0 Å². The maximum Gasteiger partial charge on any atom is 0.246 e. The molecule has 0 atom stereocenters. The molecule has 1 heterocycles. The van der Waals surface area contributed by atoms with Gasteiger partial charge in [-0.3, -0.25) is 9.48 Å². The van der Waals surface area contributed by atoms with E-state index in [1.807, 2.05) is 0 Å². The summed E-state index contributed by atoms with van der Waals surface area (Å²) < 4.78 is 2.29. The van der Waals surface area contributed by atoms with Gasteiger partial charge in [0.15, 0.2) is 0 Å². The van der Waals surface area contributed by atoms with E-state index in [-0.39, 0.29) is 12.5 Å². The first-order valence-electron chi connectivity index (χ1n) is 5.07. The molecule has 0 fully saturated rings. The van der Waals surface area contributed by atoms with Crippen LogP contribution in [-0.4, -0.2) is 15.7 Å². The average Bonchev–Trinajstić information content (AvgIpc) is 2.69. The minimum absolute atomic E-state index is 0.0834. The van der Waals surface area contributed by atoms with E-state index >= 15 is 0 Å². The van der Waals surface area contributed by atoms with Crippen molar-refractivity contribution >= 4 is 44.8 Å². The fourth-order valence-electron chi connectivity index (χ4n) is 1.40. The predicted octanol–water partition coefficient (Wildman–Crippen LogP) is 2.52. The Bertz CT molecular complexity index is 584. The number of anilines is 2. The van der Waals surface area contributed by atoms with Gasteiger partial charge in [0.05, 0.1) is 22.6 Å². The van der Waals surface area contributed by atoms with Crippen LogP contribution in [0.25, 0.3) is 0 Å². The number of amides is 1. The molecule has 5 nitrogen and oxygen atoms in total. The van der Waals surface area contributed by atoms with Crippen molar-refractivity contribution in [3.63, 3.8) is 0 Å². The van der Waals surface area contributed by atoms with Crippen LogP contribution in [-0.2, 0) is 11.3 Å². The summed E-state index contributed by atoms with van der Waals surface area (Å²) in [6.45, 7) is 0.0834. The summed E-state index contributed by atoms with van der Waals surface area (Å²) >= 11 is 9.28. The van der Waals surface area contributed by atoms with Gasteiger partial charge < -0.3 is 11.1 Å². The van der Waals surface area contributed by atoms with Crippen molar-refractivity contribution in [1.82, 2.24) is 9.78 Å². The summed E-state index contributed by atoms with van der Waals surface area (Å²) in [6.07, 6.45) is 3.07. The number of benzene rings is 1. The zero-order valence-corrected chi connectivity index (χ0v) is 11.6. The predicted molar refractivity (Wildman–Crippen MR) is 74.4 cm³/mol. The van der Waals surface area contributed by atoms with E-state index in [2.05, 4.69) is 26.3 Å². The Kier molecular flexibility index (Phi) is 3.88. The topological polar surface area (TPSA) is 72.9 Å². The van der Waals surface area contributed by atoms with Gasteiger partial charge in [-0.1, -0.05) is 27.5 Å². The van der Waals surface area contributed by atoms with E-state index in [0.717, 1.165) is 4.47 Å². The molecule has 7 heteroatoms. The third kappa shape index (κ3) is 3.24. The second-order valence-corrected chi connectivity index (χ2v) is 4.97. The van der Waals surface area contributed by atoms with E-state index in [4.69, 9.17) is 17.3 Å². The van der Waals surface area contributed by atoms with Crippen molar-refractivity contribution in [2.75, 3.05) is 11.1 Å². The maximum absolute atomic E-state index is 11.8. The molecule has 0 spiro atoms. The minimum Gasteiger partial charge on any atom is -0.396 e. The van der Waals surface area contributed by atoms with E-state index in [1.165, 1.54) is 10.9 Å². The van der Waals surface area contributed by atoms with Gasteiger partial charge in [0.25, 0.3) is 0 Å². The lowest BCUT2D eigenvalue weighted by molar-refractivity contribution is -0.116. The van der Waals surface area contributed by atoms with Gasteiger partial charge in [-0.15, -0.1) is 0 Å². The summed E-state index contributed by atoms with van der Waals surface area (Å²) in [5, 5.41) is 7.11. The Morgan fingerprint density at radius 3 is 3.00 bits per heavy atom.